The van der Waals surface area contributed by atoms with Crippen LogP contribution in [0.3, 0.4) is 0 Å². The van der Waals surface area contributed by atoms with Gasteiger partial charge in [0.25, 0.3) is 0 Å². The second kappa shape index (κ2) is 5.07. The summed E-state index contributed by atoms with van der Waals surface area (Å²) in [4.78, 5) is 10.3. The molecule has 0 aromatic carbocycles. The van der Waals surface area contributed by atoms with Crippen molar-refractivity contribution in [3.63, 3.8) is 0 Å². The molecule has 0 aliphatic carbocycles. The van der Waals surface area contributed by atoms with E-state index in [4.69, 9.17) is 5.73 Å². The number of amides is 2. The minimum absolute atomic E-state index is 0.487. The van der Waals surface area contributed by atoms with E-state index in [-0.39, 0.29) is 0 Å². The first-order valence-electron chi connectivity index (χ1n) is 4.04. The van der Waals surface area contributed by atoms with Gasteiger partial charge in [0.05, 0.1) is 0 Å². The minimum atomic E-state index is -0.487. The predicted octanol–water partition coefficient (Wildman–Crippen LogP) is -0.809. The van der Waals surface area contributed by atoms with E-state index in [1.807, 2.05) is 0 Å². The van der Waals surface area contributed by atoms with Crippen LogP contribution in [-0.2, 0) is 6.42 Å². The normalized spacial score (nSPS) is 9.85. The number of nitrogens with two attached hydrogens (primary N) is 1. The number of primary amides is 1. The summed E-state index contributed by atoms with van der Waals surface area (Å²) >= 11 is 0. The van der Waals surface area contributed by atoms with E-state index >= 15 is 0 Å². The number of urea groups is 1. The maximum Gasteiger partial charge on any atom is 0.312 e. The molecule has 1 aromatic heterocycles. The molecule has 0 radical (unpaired) electrons. The number of aryl methyl sites for hydroxylation is 1. The van der Waals surface area contributed by atoms with Crippen molar-refractivity contribution in [2.45, 2.75) is 19.3 Å². The summed E-state index contributed by atoms with van der Waals surface area (Å²) in [6.45, 7) is 0.590. The average molecular weight is 184 g/mol. The quantitative estimate of drug-likeness (QED) is 0.520. The Labute approximate surface area is 75.1 Å². The summed E-state index contributed by atoms with van der Waals surface area (Å²) in [5.41, 5.74) is 4.88. The number of H-pyrrole nitrogens is 1. The number of carbonyl (C=O) groups is 1. The van der Waals surface area contributed by atoms with E-state index in [1.54, 1.807) is 0 Å². The van der Waals surface area contributed by atoms with Crippen molar-refractivity contribution in [1.82, 2.24) is 25.9 Å². The third kappa shape index (κ3) is 4.04. The van der Waals surface area contributed by atoms with Crippen molar-refractivity contribution in [3.8, 4) is 0 Å². The number of rotatable bonds is 5. The fourth-order valence-corrected chi connectivity index (χ4v) is 0.908. The molecule has 0 saturated heterocycles. The molecule has 1 aromatic rings. The van der Waals surface area contributed by atoms with E-state index in [0.717, 1.165) is 19.3 Å². The van der Waals surface area contributed by atoms with Gasteiger partial charge in [0.15, 0.2) is 5.82 Å². The number of aromatic nitrogens is 4. The topological polar surface area (TPSA) is 110 Å². The van der Waals surface area contributed by atoms with Crippen molar-refractivity contribution in [3.05, 3.63) is 5.82 Å². The molecule has 0 unspecified atom stereocenters. The SMILES string of the molecule is NC(=O)NCCCCc1nn[nH]n1. The maximum atomic E-state index is 10.3. The largest absolute Gasteiger partial charge is 0.352 e. The molecule has 0 atom stereocenters. The molecule has 2 amide bonds. The van der Waals surface area contributed by atoms with E-state index in [9.17, 15) is 4.79 Å². The lowest BCUT2D eigenvalue weighted by Crippen LogP contribution is -2.30. The van der Waals surface area contributed by atoms with Gasteiger partial charge in [-0.15, -0.1) is 10.2 Å². The molecule has 0 aliphatic heterocycles. The first kappa shape index (κ1) is 9.43. The highest BCUT2D eigenvalue weighted by atomic mass is 16.2. The molecule has 13 heavy (non-hydrogen) atoms. The Hall–Kier alpha value is -1.66. The minimum Gasteiger partial charge on any atom is -0.352 e. The Morgan fingerprint density at radius 1 is 1.54 bits per heavy atom. The molecule has 4 N–H and O–H groups in total. The second-order valence-corrected chi connectivity index (χ2v) is 2.58. The van der Waals surface area contributed by atoms with Gasteiger partial charge >= 0.3 is 6.03 Å². The van der Waals surface area contributed by atoms with Gasteiger partial charge in [0, 0.05) is 13.0 Å². The molecule has 72 valence electrons. The van der Waals surface area contributed by atoms with Gasteiger partial charge < -0.3 is 11.1 Å². The number of carbonyl (C=O) groups excluding carboxylic acids is 1. The fraction of sp³-hybridized carbons (Fsp3) is 0.667. The fourth-order valence-electron chi connectivity index (χ4n) is 0.908. The lowest BCUT2D eigenvalue weighted by Gasteiger charge is -1.98. The van der Waals surface area contributed by atoms with Crippen molar-refractivity contribution in [2.24, 2.45) is 5.73 Å². The van der Waals surface area contributed by atoms with Gasteiger partial charge in [-0.05, 0) is 12.8 Å². The van der Waals surface area contributed by atoms with E-state index < -0.39 is 6.03 Å². The highest BCUT2D eigenvalue weighted by molar-refractivity contribution is 5.71. The lowest BCUT2D eigenvalue weighted by atomic mass is 10.2. The zero-order valence-electron chi connectivity index (χ0n) is 7.16. The number of tetrazole rings is 1. The standard InChI is InChI=1S/C6H12N6O/c7-6(13)8-4-2-1-3-5-9-11-12-10-5/h1-4H2,(H3,7,8,13)(H,9,10,11,12). The third-order valence-electron chi connectivity index (χ3n) is 1.52. The predicted molar refractivity (Wildman–Crippen MR) is 44.7 cm³/mol. The van der Waals surface area contributed by atoms with Crippen LogP contribution in [0.4, 0.5) is 4.79 Å². The number of nitrogens with one attached hydrogen (secondary N) is 2. The van der Waals surface area contributed by atoms with Gasteiger partial charge in [-0.2, -0.15) is 5.21 Å². The van der Waals surface area contributed by atoms with Crippen LogP contribution < -0.4 is 11.1 Å². The second-order valence-electron chi connectivity index (χ2n) is 2.58. The Morgan fingerprint density at radius 2 is 2.38 bits per heavy atom. The van der Waals surface area contributed by atoms with Gasteiger partial charge in [-0.25, -0.2) is 4.79 Å². The molecule has 1 heterocycles. The summed E-state index contributed by atoms with van der Waals surface area (Å²) in [5.74, 6) is 0.694. The van der Waals surface area contributed by atoms with Crippen LogP contribution in [0.2, 0.25) is 0 Å². The highest BCUT2D eigenvalue weighted by Gasteiger charge is 1.97. The number of hydrogen-bond acceptors (Lipinski definition) is 4. The maximum absolute atomic E-state index is 10.3. The van der Waals surface area contributed by atoms with E-state index in [0.29, 0.717) is 12.4 Å². The Balaban J connectivity index is 1.99. The van der Waals surface area contributed by atoms with E-state index in [1.165, 1.54) is 0 Å². The van der Waals surface area contributed by atoms with Crippen molar-refractivity contribution in [1.29, 1.82) is 0 Å². The zero-order valence-corrected chi connectivity index (χ0v) is 7.16. The molecule has 0 spiro atoms. The number of unbranched alkanes of at least 4 members (excludes halogenated alkanes) is 1. The summed E-state index contributed by atoms with van der Waals surface area (Å²) in [6, 6.07) is -0.487. The average Bonchev–Trinajstić information content (AvgIpc) is 2.55. The van der Waals surface area contributed by atoms with Crippen LogP contribution in [0.1, 0.15) is 18.7 Å². The lowest BCUT2D eigenvalue weighted by molar-refractivity contribution is 0.248. The highest BCUT2D eigenvalue weighted by Crippen LogP contribution is 1.94. The van der Waals surface area contributed by atoms with Crippen LogP contribution in [0.25, 0.3) is 0 Å². The summed E-state index contributed by atoms with van der Waals surface area (Å²) in [5, 5.41) is 15.9. The summed E-state index contributed by atoms with van der Waals surface area (Å²) < 4.78 is 0. The van der Waals surface area contributed by atoms with Crippen molar-refractivity contribution in [2.75, 3.05) is 6.54 Å². The smallest absolute Gasteiger partial charge is 0.312 e. The number of nitrogens with zero attached hydrogens (tertiary/aromatic N) is 3. The first-order valence-corrected chi connectivity index (χ1v) is 4.04. The van der Waals surface area contributed by atoms with Gasteiger partial charge in [0.2, 0.25) is 0 Å². The summed E-state index contributed by atoms with van der Waals surface area (Å²) in [6.07, 6.45) is 2.52. The third-order valence-corrected chi connectivity index (χ3v) is 1.52. The molecule has 7 heteroatoms. The Morgan fingerprint density at radius 3 is 3.00 bits per heavy atom. The Kier molecular flexibility index (Phi) is 3.68. The molecule has 0 saturated carbocycles. The Bertz CT molecular complexity index is 246. The molecule has 0 fully saturated rings. The van der Waals surface area contributed by atoms with Gasteiger partial charge in [-0.1, -0.05) is 5.21 Å². The number of aromatic amines is 1. The van der Waals surface area contributed by atoms with E-state index in [2.05, 4.69) is 25.9 Å². The van der Waals surface area contributed by atoms with Crippen LogP contribution in [0, 0.1) is 0 Å². The van der Waals surface area contributed by atoms with Crippen LogP contribution in [0.15, 0.2) is 0 Å². The first-order chi connectivity index (χ1) is 6.29. The van der Waals surface area contributed by atoms with Crippen molar-refractivity contribution >= 4 is 6.03 Å². The monoisotopic (exact) mass is 184 g/mol. The van der Waals surface area contributed by atoms with Crippen LogP contribution >= 0.6 is 0 Å². The molecular formula is C6H12N6O. The molecule has 7 nitrogen and oxygen atoms in total. The zero-order chi connectivity index (χ0) is 9.52. The molecular weight excluding hydrogens is 172 g/mol. The molecule has 0 bridgehead atoms. The van der Waals surface area contributed by atoms with Gasteiger partial charge in [0.1, 0.15) is 0 Å². The number of hydrogen-bond donors (Lipinski definition) is 3. The van der Waals surface area contributed by atoms with Crippen LogP contribution in [0.5, 0.6) is 0 Å². The van der Waals surface area contributed by atoms with Crippen LogP contribution in [-0.4, -0.2) is 33.2 Å². The van der Waals surface area contributed by atoms with Gasteiger partial charge in [-0.3, -0.25) is 0 Å². The molecule has 1 rings (SSSR count). The summed E-state index contributed by atoms with van der Waals surface area (Å²) in [7, 11) is 0. The molecule has 0 aliphatic rings. The van der Waals surface area contributed by atoms with Crippen molar-refractivity contribution < 1.29 is 4.79 Å².